The highest BCUT2D eigenvalue weighted by molar-refractivity contribution is 4.94. The molecule has 0 aromatic heterocycles. The number of rotatable bonds is 1. The van der Waals surface area contributed by atoms with Gasteiger partial charge in [-0.05, 0) is 13.3 Å². The molecule has 2 aliphatic rings. The zero-order valence-corrected chi connectivity index (χ0v) is 8.02. The van der Waals surface area contributed by atoms with Crippen molar-refractivity contribution in [1.29, 1.82) is 0 Å². The quantitative estimate of drug-likeness (QED) is 0.561. The van der Waals surface area contributed by atoms with Gasteiger partial charge in [-0.2, -0.15) is 0 Å². The minimum atomic E-state index is -0.326. The molecule has 3 N–H and O–H groups in total. The first-order chi connectivity index (χ1) is 6.20. The molecule has 13 heavy (non-hydrogen) atoms. The van der Waals surface area contributed by atoms with Crippen molar-refractivity contribution in [3.8, 4) is 0 Å². The van der Waals surface area contributed by atoms with Gasteiger partial charge >= 0.3 is 0 Å². The monoisotopic (exact) mass is 186 g/mol. The van der Waals surface area contributed by atoms with Gasteiger partial charge in [-0.1, -0.05) is 0 Å². The summed E-state index contributed by atoms with van der Waals surface area (Å²) in [6.07, 6.45) is 0.706. The van der Waals surface area contributed by atoms with Crippen molar-refractivity contribution in [1.82, 2.24) is 4.90 Å². The van der Waals surface area contributed by atoms with Crippen LogP contribution in [0, 0.1) is 0 Å². The largest absolute Gasteiger partial charge is 0.389 e. The van der Waals surface area contributed by atoms with Crippen molar-refractivity contribution in [2.24, 2.45) is 5.73 Å². The molecule has 0 amide bonds. The van der Waals surface area contributed by atoms with Gasteiger partial charge in [-0.25, -0.2) is 0 Å². The Morgan fingerprint density at radius 2 is 2.23 bits per heavy atom. The van der Waals surface area contributed by atoms with Crippen LogP contribution in [0.2, 0.25) is 0 Å². The molecule has 76 valence electrons. The van der Waals surface area contributed by atoms with Gasteiger partial charge in [0, 0.05) is 18.6 Å². The van der Waals surface area contributed by atoms with Gasteiger partial charge in [0.05, 0.1) is 25.4 Å². The Morgan fingerprint density at radius 3 is 2.69 bits per heavy atom. The van der Waals surface area contributed by atoms with Crippen molar-refractivity contribution in [2.45, 2.75) is 37.6 Å². The third kappa shape index (κ3) is 1.59. The van der Waals surface area contributed by atoms with Gasteiger partial charge in [0.2, 0.25) is 0 Å². The van der Waals surface area contributed by atoms with Crippen LogP contribution in [0.4, 0.5) is 0 Å². The van der Waals surface area contributed by atoms with E-state index in [1.54, 1.807) is 0 Å². The van der Waals surface area contributed by atoms with E-state index in [9.17, 15) is 5.11 Å². The summed E-state index contributed by atoms with van der Waals surface area (Å²) >= 11 is 0. The molecule has 2 aliphatic heterocycles. The maximum atomic E-state index is 9.65. The molecule has 0 radical (unpaired) electrons. The van der Waals surface area contributed by atoms with Crippen LogP contribution in [0.15, 0.2) is 0 Å². The second-order valence-electron chi connectivity index (χ2n) is 4.10. The van der Waals surface area contributed by atoms with Crippen LogP contribution in [0.5, 0.6) is 0 Å². The minimum Gasteiger partial charge on any atom is -0.389 e. The zero-order valence-electron chi connectivity index (χ0n) is 8.02. The highest BCUT2D eigenvalue weighted by Gasteiger charge is 2.39. The van der Waals surface area contributed by atoms with E-state index in [-0.39, 0.29) is 18.2 Å². The minimum absolute atomic E-state index is 0.170. The van der Waals surface area contributed by atoms with Gasteiger partial charge in [0.1, 0.15) is 0 Å². The Hall–Kier alpha value is -0.160. The zero-order chi connectivity index (χ0) is 9.42. The van der Waals surface area contributed by atoms with E-state index in [2.05, 4.69) is 11.8 Å². The van der Waals surface area contributed by atoms with Crippen molar-refractivity contribution in [3.63, 3.8) is 0 Å². The summed E-state index contributed by atoms with van der Waals surface area (Å²) in [5, 5.41) is 9.65. The average Bonchev–Trinajstić information content (AvgIpc) is 2.62. The normalized spacial score (nSPS) is 47.3. The Bertz CT molecular complexity index is 188. The fraction of sp³-hybridized carbons (Fsp3) is 1.00. The standard InChI is InChI=1S/C9H18N2O2/c1-6-7(10)2-3-11(6)8-4-13-5-9(8)12/h6-9,12H,2-5,10H2,1H3. The number of aliphatic hydroxyl groups is 1. The van der Waals surface area contributed by atoms with Crippen molar-refractivity contribution in [2.75, 3.05) is 19.8 Å². The summed E-state index contributed by atoms with van der Waals surface area (Å²) in [4.78, 5) is 2.28. The number of hydrogen-bond donors (Lipinski definition) is 2. The summed E-state index contributed by atoms with van der Waals surface area (Å²) in [5.74, 6) is 0. The topological polar surface area (TPSA) is 58.7 Å². The lowest BCUT2D eigenvalue weighted by atomic mass is 10.1. The number of nitrogens with zero attached hydrogens (tertiary/aromatic N) is 1. The molecule has 4 unspecified atom stereocenters. The molecular weight excluding hydrogens is 168 g/mol. The van der Waals surface area contributed by atoms with Crippen LogP contribution in [0.1, 0.15) is 13.3 Å². The molecular formula is C9H18N2O2. The molecule has 2 saturated heterocycles. The molecule has 2 heterocycles. The van der Waals surface area contributed by atoms with Crippen LogP contribution in [-0.4, -0.2) is 54.0 Å². The van der Waals surface area contributed by atoms with Gasteiger partial charge < -0.3 is 15.6 Å². The number of hydrogen-bond acceptors (Lipinski definition) is 4. The van der Waals surface area contributed by atoms with Crippen LogP contribution in [0.25, 0.3) is 0 Å². The van der Waals surface area contributed by atoms with Gasteiger partial charge in [0.15, 0.2) is 0 Å². The first kappa shape index (κ1) is 9.40. The second-order valence-corrected chi connectivity index (χ2v) is 4.10. The number of ether oxygens (including phenoxy) is 1. The predicted octanol–water partition coefficient (Wildman–Crippen LogP) is -0.832. The van der Waals surface area contributed by atoms with E-state index in [0.29, 0.717) is 19.3 Å². The lowest BCUT2D eigenvalue weighted by molar-refractivity contribution is 0.0769. The van der Waals surface area contributed by atoms with Crippen LogP contribution < -0.4 is 5.73 Å². The van der Waals surface area contributed by atoms with Crippen LogP contribution in [-0.2, 0) is 4.74 Å². The number of aliphatic hydroxyl groups excluding tert-OH is 1. The molecule has 4 heteroatoms. The summed E-state index contributed by atoms with van der Waals surface area (Å²) in [5.41, 5.74) is 5.92. The van der Waals surface area contributed by atoms with E-state index in [1.807, 2.05) is 0 Å². The Kier molecular flexibility index (Phi) is 2.55. The van der Waals surface area contributed by atoms with E-state index in [0.717, 1.165) is 13.0 Å². The average molecular weight is 186 g/mol. The van der Waals surface area contributed by atoms with E-state index < -0.39 is 0 Å². The SMILES string of the molecule is CC1C(N)CCN1C1COCC1O. The van der Waals surface area contributed by atoms with E-state index in [1.165, 1.54) is 0 Å². The highest BCUT2D eigenvalue weighted by atomic mass is 16.5. The van der Waals surface area contributed by atoms with E-state index >= 15 is 0 Å². The smallest absolute Gasteiger partial charge is 0.0950 e. The summed E-state index contributed by atoms with van der Waals surface area (Å²) < 4.78 is 5.23. The lowest BCUT2D eigenvalue weighted by Crippen LogP contribution is -2.47. The van der Waals surface area contributed by atoms with Crippen molar-refractivity contribution >= 4 is 0 Å². The summed E-state index contributed by atoms with van der Waals surface area (Å²) in [6.45, 7) is 4.25. The van der Waals surface area contributed by atoms with Gasteiger partial charge in [0.25, 0.3) is 0 Å². The molecule has 0 aromatic carbocycles. The third-order valence-electron chi connectivity index (χ3n) is 3.31. The van der Waals surface area contributed by atoms with Gasteiger partial charge in [-0.3, -0.25) is 4.90 Å². The summed E-state index contributed by atoms with van der Waals surface area (Å²) in [7, 11) is 0. The molecule has 0 bridgehead atoms. The maximum Gasteiger partial charge on any atom is 0.0950 e. The summed E-state index contributed by atoms with van der Waals surface area (Å²) in [6, 6.07) is 0.803. The molecule has 2 rings (SSSR count). The van der Waals surface area contributed by atoms with Crippen molar-refractivity contribution < 1.29 is 9.84 Å². The van der Waals surface area contributed by atoms with E-state index in [4.69, 9.17) is 10.5 Å². The number of nitrogens with two attached hydrogens (primary N) is 1. The Morgan fingerprint density at radius 1 is 1.46 bits per heavy atom. The molecule has 2 fully saturated rings. The van der Waals surface area contributed by atoms with Crippen LogP contribution in [0.3, 0.4) is 0 Å². The lowest BCUT2D eigenvalue weighted by Gasteiger charge is -2.30. The van der Waals surface area contributed by atoms with Crippen LogP contribution >= 0.6 is 0 Å². The predicted molar refractivity (Wildman–Crippen MR) is 49.4 cm³/mol. The molecule has 0 saturated carbocycles. The fourth-order valence-corrected chi connectivity index (χ4v) is 2.31. The molecule has 0 spiro atoms. The number of likely N-dealkylation sites (tertiary alicyclic amines) is 1. The first-order valence-electron chi connectivity index (χ1n) is 4.97. The molecule has 4 atom stereocenters. The second kappa shape index (κ2) is 3.53. The fourth-order valence-electron chi connectivity index (χ4n) is 2.31. The highest BCUT2D eigenvalue weighted by Crippen LogP contribution is 2.23. The van der Waals surface area contributed by atoms with Crippen molar-refractivity contribution in [3.05, 3.63) is 0 Å². The Balaban J connectivity index is 2.00. The molecule has 0 aliphatic carbocycles. The first-order valence-corrected chi connectivity index (χ1v) is 4.97. The van der Waals surface area contributed by atoms with Gasteiger partial charge in [-0.15, -0.1) is 0 Å². The third-order valence-corrected chi connectivity index (χ3v) is 3.31. The Labute approximate surface area is 78.7 Å². The molecule has 0 aromatic rings. The molecule has 4 nitrogen and oxygen atoms in total. The maximum absolute atomic E-state index is 9.65.